The Morgan fingerprint density at radius 2 is 1.78 bits per heavy atom. The molecule has 1 aliphatic rings. The van der Waals surface area contributed by atoms with Crippen LogP contribution in [-0.2, 0) is 10.5 Å². The van der Waals surface area contributed by atoms with E-state index in [1.165, 1.54) is 0 Å². The van der Waals surface area contributed by atoms with Crippen LogP contribution in [0.3, 0.4) is 0 Å². The summed E-state index contributed by atoms with van der Waals surface area (Å²) >= 11 is 9.24. The molecule has 37 heavy (non-hydrogen) atoms. The van der Waals surface area contributed by atoms with Gasteiger partial charge in [-0.2, -0.15) is 5.10 Å². The highest BCUT2D eigenvalue weighted by molar-refractivity contribution is 7.98. The van der Waals surface area contributed by atoms with E-state index in [1.807, 2.05) is 78.9 Å². The van der Waals surface area contributed by atoms with Gasteiger partial charge in [0.25, 0.3) is 5.91 Å². The Balaban J connectivity index is 1.23. The van der Waals surface area contributed by atoms with Gasteiger partial charge in [0.05, 0.1) is 30.0 Å². The number of morpholine rings is 1. The number of ether oxygens (including phenoxy) is 1. The largest absolute Gasteiger partial charge is 0.378 e. The number of aromatic nitrogens is 1. The first-order chi connectivity index (χ1) is 18.2. The molecule has 3 aromatic carbocycles. The fourth-order valence-electron chi connectivity index (χ4n) is 3.76. The number of nitrogens with zero attached hydrogens (tertiary/aromatic N) is 3. The molecule has 0 unspecified atom stereocenters. The zero-order valence-electron chi connectivity index (χ0n) is 20.0. The van der Waals surface area contributed by atoms with Crippen molar-refractivity contribution in [3.8, 4) is 11.3 Å². The Hall–Kier alpha value is -3.17. The molecular weight excluding hydrogens is 524 g/mol. The molecule has 0 bridgehead atoms. The van der Waals surface area contributed by atoms with E-state index >= 15 is 0 Å². The van der Waals surface area contributed by atoms with Crippen molar-refractivity contribution < 1.29 is 9.53 Å². The van der Waals surface area contributed by atoms with Gasteiger partial charge in [-0.15, -0.1) is 11.8 Å². The first-order valence-electron chi connectivity index (χ1n) is 11.9. The number of thiazole rings is 1. The summed E-state index contributed by atoms with van der Waals surface area (Å²) in [6.07, 6.45) is 1.68. The quantitative estimate of drug-likeness (QED) is 0.158. The highest BCUT2D eigenvalue weighted by Crippen LogP contribution is 2.32. The second-order valence-corrected chi connectivity index (χ2v) is 10.8. The molecule has 188 valence electrons. The maximum atomic E-state index is 12.7. The fourth-order valence-corrected chi connectivity index (χ4v) is 5.76. The minimum atomic E-state index is -0.257. The molecule has 9 heteroatoms. The van der Waals surface area contributed by atoms with Crippen LogP contribution in [-0.4, -0.2) is 43.4 Å². The van der Waals surface area contributed by atoms with Gasteiger partial charge in [0, 0.05) is 39.9 Å². The van der Waals surface area contributed by atoms with E-state index in [9.17, 15) is 4.79 Å². The number of hydrogen-bond acceptors (Lipinski definition) is 7. The summed E-state index contributed by atoms with van der Waals surface area (Å²) in [5, 5.41) is 5.92. The van der Waals surface area contributed by atoms with E-state index in [2.05, 4.69) is 15.4 Å². The van der Waals surface area contributed by atoms with Crippen LogP contribution in [0.5, 0.6) is 0 Å². The van der Waals surface area contributed by atoms with Crippen molar-refractivity contribution in [1.82, 2.24) is 10.4 Å². The second-order valence-electron chi connectivity index (χ2n) is 8.31. The molecule has 4 aromatic rings. The molecule has 1 amide bonds. The first-order valence-corrected chi connectivity index (χ1v) is 14.0. The summed E-state index contributed by atoms with van der Waals surface area (Å²) in [5.41, 5.74) is 6.21. The molecule has 1 saturated heterocycles. The van der Waals surface area contributed by atoms with Crippen molar-refractivity contribution in [3.63, 3.8) is 0 Å². The average molecular weight is 549 g/mol. The lowest BCUT2D eigenvalue weighted by Gasteiger charge is -2.26. The monoisotopic (exact) mass is 548 g/mol. The summed E-state index contributed by atoms with van der Waals surface area (Å²) in [7, 11) is 0. The molecule has 0 saturated carbocycles. The van der Waals surface area contributed by atoms with Crippen LogP contribution < -0.4 is 10.3 Å². The minimum absolute atomic E-state index is 0.257. The van der Waals surface area contributed by atoms with Crippen molar-refractivity contribution in [1.29, 1.82) is 0 Å². The predicted octanol–water partition coefficient (Wildman–Crippen LogP) is 6.36. The van der Waals surface area contributed by atoms with E-state index in [-0.39, 0.29) is 5.91 Å². The van der Waals surface area contributed by atoms with Gasteiger partial charge in [-0.1, -0.05) is 65.4 Å². The van der Waals surface area contributed by atoms with E-state index in [0.717, 1.165) is 55.6 Å². The molecule has 1 aliphatic heterocycles. The fraction of sp³-hybridized carbons (Fsp3) is 0.179. The molecule has 5 rings (SSSR count). The van der Waals surface area contributed by atoms with Gasteiger partial charge in [0.2, 0.25) is 0 Å². The Labute approximate surface area is 229 Å². The zero-order valence-corrected chi connectivity index (χ0v) is 22.4. The number of amides is 1. The molecule has 0 aliphatic carbocycles. The van der Waals surface area contributed by atoms with Crippen LogP contribution in [0.25, 0.3) is 11.3 Å². The van der Waals surface area contributed by atoms with E-state index in [0.29, 0.717) is 18.8 Å². The van der Waals surface area contributed by atoms with E-state index in [4.69, 9.17) is 21.3 Å². The van der Waals surface area contributed by atoms with Gasteiger partial charge in [-0.05, 0) is 42.0 Å². The lowest BCUT2D eigenvalue weighted by atomic mass is 10.1. The van der Waals surface area contributed by atoms with Gasteiger partial charge in [-0.25, -0.2) is 10.4 Å². The van der Waals surface area contributed by atoms with Crippen LogP contribution in [0.4, 0.5) is 5.13 Å². The Morgan fingerprint density at radius 3 is 2.51 bits per heavy atom. The van der Waals surface area contributed by atoms with Gasteiger partial charge in [0.15, 0.2) is 5.13 Å². The topological polar surface area (TPSA) is 66.8 Å². The number of thioether (sulfide) groups is 1. The zero-order chi connectivity index (χ0) is 25.5. The number of benzene rings is 3. The molecule has 1 aromatic heterocycles. The molecule has 0 spiro atoms. The van der Waals surface area contributed by atoms with E-state index in [1.54, 1.807) is 29.3 Å². The number of hydrazone groups is 1. The van der Waals surface area contributed by atoms with Crippen molar-refractivity contribution in [2.24, 2.45) is 5.10 Å². The maximum Gasteiger partial charge on any atom is 0.271 e. The molecule has 2 heterocycles. The molecule has 0 atom stereocenters. The third-order valence-corrected chi connectivity index (χ3v) is 8.14. The molecule has 1 N–H and O–H groups in total. The molecule has 1 fully saturated rings. The number of halogens is 1. The summed E-state index contributed by atoms with van der Waals surface area (Å²) < 4.78 is 5.48. The van der Waals surface area contributed by atoms with Crippen molar-refractivity contribution in [3.05, 3.63) is 99.9 Å². The molecular formula is C28H25ClN4O2S2. The van der Waals surface area contributed by atoms with Crippen molar-refractivity contribution in [2.75, 3.05) is 31.2 Å². The molecule has 6 nitrogen and oxygen atoms in total. The summed E-state index contributed by atoms with van der Waals surface area (Å²) in [5.74, 6) is 0.549. The van der Waals surface area contributed by atoms with Gasteiger partial charge < -0.3 is 9.64 Å². The standard InChI is InChI=1S/C28H25ClN4O2S2/c29-23-10-12-24(13-11-23)36-19-20-6-8-22(9-7-20)27(34)32-30-18-25-26(21-4-2-1-3-5-21)31-28(37-25)33-14-16-35-17-15-33/h1-13,18H,14-17,19H2,(H,32,34)/b30-18+. The Bertz CT molecular complexity index is 1350. The first kappa shape index (κ1) is 25.5. The number of hydrogen-bond donors (Lipinski definition) is 1. The number of anilines is 1. The Morgan fingerprint density at radius 1 is 1.05 bits per heavy atom. The highest BCUT2D eigenvalue weighted by atomic mass is 35.5. The van der Waals surface area contributed by atoms with Crippen LogP contribution in [0, 0.1) is 0 Å². The SMILES string of the molecule is O=C(N/N=C/c1sc(N2CCOCC2)nc1-c1ccccc1)c1ccc(CSc2ccc(Cl)cc2)cc1. The highest BCUT2D eigenvalue weighted by Gasteiger charge is 2.19. The second kappa shape index (κ2) is 12.4. The summed E-state index contributed by atoms with van der Waals surface area (Å²) in [4.78, 5) is 21.8. The van der Waals surface area contributed by atoms with Gasteiger partial charge >= 0.3 is 0 Å². The van der Waals surface area contributed by atoms with Gasteiger partial charge in [0.1, 0.15) is 0 Å². The van der Waals surface area contributed by atoms with Gasteiger partial charge in [-0.3, -0.25) is 4.79 Å². The lowest BCUT2D eigenvalue weighted by molar-refractivity contribution is 0.0955. The summed E-state index contributed by atoms with van der Waals surface area (Å²) in [6, 6.07) is 25.4. The van der Waals surface area contributed by atoms with Crippen LogP contribution in [0.15, 0.2) is 88.9 Å². The number of carbonyl (C=O) groups is 1. The average Bonchev–Trinajstić information content (AvgIpc) is 3.38. The number of carbonyl (C=O) groups excluding carboxylic acids is 1. The maximum absolute atomic E-state index is 12.7. The van der Waals surface area contributed by atoms with Crippen molar-refractivity contribution >= 4 is 52.0 Å². The van der Waals surface area contributed by atoms with Crippen LogP contribution >= 0.6 is 34.7 Å². The third-order valence-electron chi connectivity index (χ3n) is 5.75. The van der Waals surface area contributed by atoms with Crippen LogP contribution in [0.1, 0.15) is 20.8 Å². The van der Waals surface area contributed by atoms with Crippen LogP contribution in [0.2, 0.25) is 5.02 Å². The van der Waals surface area contributed by atoms with E-state index < -0.39 is 0 Å². The number of rotatable bonds is 8. The third kappa shape index (κ3) is 6.78. The number of nitrogens with one attached hydrogen (secondary N) is 1. The minimum Gasteiger partial charge on any atom is -0.378 e. The normalized spacial score (nSPS) is 13.7. The lowest BCUT2D eigenvalue weighted by Crippen LogP contribution is -2.36. The smallest absolute Gasteiger partial charge is 0.271 e. The van der Waals surface area contributed by atoms with Crippen molar-refractivity contribution in [2.45, 2.75) is 10.6 Å². The molecule has 0 radical (unpaired) electrons. The predicted molar refractivity (Wildman–Crippen MR) is 153 cm³/mol. The summed E-state index contributed by atoms with van der Waals surface area (Å²) in [6.45, 7) is 3.00. The Kier molecular flexibility index (Phi) is 8.53.